The van der Waals surface area contributed by atoms with E-state index in [2.05, 4.69) is 15.1 Å². The second kappa shape index (κ2) is 10.8. The molecule has 0 atom stereocenters. The molecule has 0 aromatic rings. The number of hydrogen-bond acceptors (Lipinski definition) is 6. The van der Waals surface area contributed by atoms with Crippen molar-refractivity contribution in [3.63, 3.8) is 0 Å². The van der Waals surface area contributed by atoms with Crippen molar-refractivity contribution < 1.29 is 19.1 Å². The van der Waals surface area contributed by atoms with Crippen LogP contribution in [0.5, 0.6) is 0 Å². The average Bonchev–Trinajstić information content (AvgIpc) is 2.74. The summed E-state index contributed by atoms with van der Waals surface area (Å²) < 4.78 is 10.4. The number of ether oxygens (including phenoxy) is 2. The first-order valence-electron chi connectivity index (χ1n) is 10.7. The van der Waals surface area contributed by atoms with Crippen LogP contribution in [0.4, 0.5) is 9.59 Å². The van der Waals surface area contributed by atoms with Crippen LogP contribution in [0.25, 0.3) is 0 Å². The van der Waals surface area contributed by atoms with E-state index >= 15 is 0 Å². The minimum absolute atomic E-state index is 0.0300. The molecule has 3 saturated heterocycles. The van der Waals surface area contributed by atoms with E-state index in [0.717, 1.165) is 78.4 Å². The molecule has 9 nitrogen and oxygen atoms in total. The van der Waals surface area contributed by atoms with Gasteiger partial charge in [-0.05, 0) is 19.8 Å². The van der Waals surface area contributed by atoms with Crippen LogP contribution in [0.3, 0.4) is 0 Å². The van der Waals surface area contributed by atoms with Crippen molar-refractivity contribution in [3.8, 4) is 0 Å². The Hall–Kier alpha value is -1.58. The summed E-state index contributed by atoms with van der Waals surface area (Å²) in [5.74, 6) is 0. The predicted molar refractivity (Wildman–Crippen MR) is 105 cm³/mol. The molecule has 0 radical (unpaired) electrons. The lowest BCUT2D eigenvalue weighted by Crippen LogP contribution is -2.55. The molecule has 3 fully saturated rings. The summed E-state index contributed by atoms with van der Waals surface area (Å²) in [6.07, 6.45) is 1.31. The van der Waals surface area contributed by atoms with Crippen molar-refractivity contribution in [2.24, 2.45) is 0 Å². The molecule has 9 heteroatoms. The Balaban J connectivity index is 1.30. The van der Waals surface area contributed by atoms with Crippen LogP contribution in [0.15, 0.2) is 0 Å². The number of nitrogens with zero attached hydrogens (tertiary/aromatic N) is 4. The van der Waals surface area contributed by atoms with Gasteiger partial charge < -0.3 is 24.6 Å². The fraction of sp³-hybridized carbons (Fsp3) is 0.895. The van der Waals surface area contributed by atoms with E-state index in [1.807, 2.05) is 11.8 Å². The number of amides is 3. The predicted octanol–water partition coefficient (Wildman–Crippen LogP) is 0.267. The van der Waals surface area contributed by atoms with Crippen LogP contribution in [-0.2, 0) is 9.47 Å². The highest BCUT2D eigenvalue weighted by Gasteiger charge is 2.27. The third-order valence-corrected chi connectivity index (χ3v) is 5.84. The van der Waals surface area contributed by atoms with Crippen LogP contribution in [-0.4, -0.2) is 123 Å². The Labute approximate surface area is 167 Å². The topological polar surface area (TPSA) is 77.6 Å². The summed E-state index contributed by atoms with van der Waals surface area (Å²) in [5.41, 5.74) is 0. The second-order valence-electron chi connectivity index (χ2n) is 7.69. The Morgan fingerprint density at radius 1 is 0.893 bits per heavy atom. The molecular formula is C19H35N5O4. The lowest BCUT2D eigenvalue weighted by molar-refractivity contribution is 0.0308. The third-order valence-electron chi connectivity index (χ3n) is 5.84. The van der Waals surface area contributed by atoms with Crippen LogP contribution < -0.4 is 5.32 Å². The van der Waals surface area contributed by atoms with Crippen molar-refractivity contribution >= 4 is 12.1 Å². The fourth-order valence-corrected chi connectivity index (χ4v) is 3.97. The number of nitrogens with one attached hydrogen (secondary N) is 1. The van der Waals surface area contributed by atoms with E-state index in [1.54, 1.807) is 4.90 Å². The minimum atomic E-state index is -0.250. The van der Waals surface area contributed by atoms with Gasteiger partial charge in [0.2, 0.25) is 0 Å². The molecule has 0 saturated carbocycles. The number of piperidine rings is 1. The Morgan fingerprint density at radius 3 is 2.11 bits per heavy atom. The third kappa shape index (κ3) is 6.22. The van der Waals surface area contributed by atoms with Crippen LogP contribution in [0.2, 0.25) is 0 Å². The first-order chi connectivity index (χ1) is 13.7. The van der Waals surface area contributed by atoms with E-state index in [4.69, 9.17) is 9.47 Å². The van der Waals surface area contributed by atoms with Gasteiger partial charge in [0.25, 0.3) is 0 Å². The molecule has 0 aromatic heterocycles. The lowest BCUT2D eigenvalue weighted by atomic mass is 10.1. The molecule has 3 aliphatic heterocycles. The van der Waals surface area contributed by atoms with Gasteiger partial charge in [0.15, 0.2) is 0 Å². The summed E-state index contributed by atoms with van der Waals surface area (Å²) in [5, 5.41) is 3.15. The van der Waals surface area contributed by atoms with Crippen molar-refractivity contribution in [1.29, 1.82) is 0 Å². The molecule has 3 aliphatic rings. The highest BCUT2D eigenvalue weighted by atomic mass is 16.6. The van der Waals surface area contributed by atoms with Gasteiger partial charge in [0.05, 0.1) is 19.8 Å². The van der Waals surface area contributed by atoms with E-state index in [1.165, 1.54) is 0 Å². The largest absolute Gasteiger partial charge is 0.450 e. The van der Waals surface area contributed by atoms with Gasteiger partial charge in [-0.3, -0.25) is 9.80 Å². The summed E-state index contributed by atoms with van der Waals surface area (Å²) in [4.78, 5) is 32.9. The smallest absolute Gasteiger partial charge is 0.409 e. The highest BCUT2D eigenvalue weighted by molar-refractivity contribution is 5.74. The van der Waals surface area contributed by atoms with Gasteiger partial charge >= 0.3 is 12.1 Å². The Morgan fingerprint density at radius 2 is 1.50 bits per heavy atom. The van der Waals surface area contributed by atoms with E-state index in [-0.39, 0.29) is 18.2 Å². The van der Waals surface area contributed by atoms with Crippen LogP contribution in [0.1, 0.15) is 19.8 Å². The SMILES string of the molecule is CCOC(=O)N1CCC(NC(=O)N2CCN(CCN3CCOCC3)CC2)CC1. The second-order valence-corrected chi connectivity index (χ2v) is 7.69. The molecule has 0 spiro atoms. The molecule has 0 unspecified atom stereocenters. The monoisotopic (exact) mass is 397 g/mol. The van der Waals surface area contributed by atoms with Gasteiger partial charge in [-0.2, -0.15) is 0 Å². The van der Waals surface area contributed by atoms with Gasteiger partial charge in [-0.25, -0.2) is 9.59 Å². The molecule has 1 N–H and O–H groups in total. The molecule has 3 amide bonds. The highest BCUT2D eigenvalue weighted by Crippen LogP contribution is 2.12. The zero-order valence-electron chi connectivity index (χ0n) is 17.1. The molecule has 0 aromatic carbocycles. The van der Waals surface area contributed by atoms with Crippen molar-refractivity contribution in [1.82, 2.24) is 24.9 Å². The summed E-state index contributed by atoms with van der Waals surface area (Å²) in [6, 6.07) is 0.167. The number of carbonyl (C=O) groups is 2. The number of rotatable bonds is 5. The quantitative estimate of drug-likeness (QED) is 0.718. The minimum Gasteiger partial charge on any atom is -0.450 e. The lowest BCUT2D eigenvalue weighted by Gasteiger charge is -2.38. The van der Waals surface area contributed by atoms with Gasteiger partial charge in [0, 0.05) is 71.5 Å². The number of piperazine rings is 1. The first-order valence-corrected chi connectivity index (χ1v) is 10.7. The molecular weight excluding hydrogens is 362 g/mol. The molecule has 3 heterocycles. The maximum atomic E-state index is 12.6. The van der Waals surface area contributed by atoms with Crippen molar-refractivity contribution in [3.05, 3.63) is 0 Å². The van der Waals surface area contributed by atoms with Gasteiger partial charge in [0.1, 0.15) is 0 Å². The van der Waals surface area contributed by atoms with E-state index in [9.17, 15) is 9.59 Å². The number of likely N-dealkylation sites (tertiary alicyclic amines) is 1. The average molecular weight is 398 g/mol. The number of carbonyl (C=O) groups excluding carboxylic acids is 2. The normalized spacial score (nSPS) is 22.9. The molecule has 3 rings (SSSR count). The molecule has 160 valence electrons. The first kappa shape index (κ1) is 21.1. The number of urea groups is 1. The zero-order valence-corrected chi connectivity index (χ0v) is 17.1. The Bertz CT molecular complexity index is 499. The van der Waals surface area contributed by atoms with E-state index < -0.39 is 0 Å². The fourth-order valence-electron chi connectivity index (χ4n) is 3.97. The standard InChI is InChI=1S/C19H35N5O4/c1-2-28-19(26)24-5-3-17(4-6-24)20-18(25)23-11-9-21(10-12-23)7-8-22-13-15-27-16-14-22/h17H,2-16H2,1H3,(H,20,25). The van der Waals surface area contributed by atoms with Gasteiger partial charge in [-0.15, -0.1) is 0 Å². The summed E-state index contributed by atoms with van der Waals surface area (Å²) >= 11 is 0. The maximum absolute atomic E-state index is 12.6. The summed E-state index contributed by atoms with van der Waals surface area (Å²) in [7, 11) is 0. The van der Waals surface area contributed by atoms with E-state index in [0.29, 0.717) is 19.7 Å². The van der Waals surface area contributed by atoms with Crippen molar-refractivity contribution in [2.45, 2.75) is 25.8 Å². The number of hydrogen-bond donors (Lipinski definition) is 1. The van der Waals surface area contributed by atoms with Crippen LogP contribution >= 0.6 is 0 Å². The zero-order chi connectivity index (χ0) is 19.8. The Kier molecular flexibility index (Phi) is 8.17. The summed E-state index contributed by atoms with van der Waals surface area (Å²) in [6.45, 7) is 12.8. The molecule has 28 heavy (non-hydrogen) atoms. The van der Waals surface area contributed by atoms with Crippen molar-refractivity contribution in [2.75, 3.05) is 85.3 Å². The van der Waals surface area contributed by atoms with Gasteiger partial charge in [-0.1, -0.05) is 0 Å². The van der Waals surface area contributed by atoms with Crippen LogP contribution in [0, 0.1) is 0 Å². The molecule has 0 bridgehead atoms. The molecule has 0 aliphatic carbocycles. The maximum Gasteiger partial charge on any atom is 0.409 e. The number of morpholine rings is 1.